The summed E-state index contributed by atoms with van der Waals surface area (Å²) in [7, 11) is 0. The van der Waals surface area contributed by atoms with Crippen molar-refractivity contribution in [1.29, 1.82) is 0 Å². The van der Waals surface area contributed by atoms with Gasteiger partial charge < -0.3 is 14.8 Å². The lowest BCUT2D eigenvalue weighted by molar-refractivity contribution is 0.101. The fourth-order valence-electron chi connectivity index (χ4n) is 1.34. The molecule has 0 spiro atoms. The van der Waals surface area contributed by atoms with Crippen molar-refractivity contribution in [3.05, 3.63) is 35.3 Å². The molecule has 0 bridgehead atoms. The second kappa shape index (κ2) is 4.25. The summed E-state index contributed by atoms with van der Waals surface area (Å²) >= 11 is 0. The summed E-state index contributed by atoms with van der Waals surface area (Å²) in [5.41, 5.74) is 0.766. The number of carbonyl (C=O) groups excluding carboxylic acids is 2. The second-order valence-corrected chi connectivity index (χ2v) is 3.64. The smallest absolute Gasteiger partial charge is 0.273 e. The van der Waals surface area contributed by atoms with Gasteiger partial charge in [-0.25, -0.2) is 0 Å². The van der Waals surface area contributed by atoms with E-state index in [0.29, 0.717) is 22.8 Å². The Morgan fingerprint density at radius 1 is 1.41 bits per heavy atom. The summed E-state index contributed by atoms with van der Waals surface area (Å²) in [6, 6.07) is 3.09. The van der Waals surface area contributed by atoms with Gasteiger partial charge in [0.15, 0.2) is 11.6 Å². The largest absolute Gasteiger partial charge is 0.360 e. The highest BCUT2D eigenvalue weighted by molar-refractivity contribution is 6.04. The van der Waals surface area contributed by atoms with E-state index < -0.39 is 0 Å². The Labute approximate surface area is 97.0 Å². The number of ketones is 1. The Hall–Kier alpha value is -2.37. The zero-order valence-electron chi connectivity index (χ0n) is 9.40. The van der Waals surface area contributed by atoms with Crippen molar-refractivity contribution in [1.82, 2.24) is 10.1 Å². The Morgan fingerprint density at radius 2 is 2.18 bits per heavy atom. The summed E-state index contributed by atoms with van der Waals surface area (Å²) in [5.74, 6) is 0.478. The number of aryl methyl sites for hydroxylation is 1. The normalized spacial score (nSPS) is 10.2. The monoisotopic (exact) mass is 233 g/mol. The summed E-state index contributed by atoms with van der Waals surface area (Å²) in [6.45, 7) is 3.16. The molecule has 2 aromatic heterocycles. The van der Waals surface area contributed by atoms with Crippen molar-refractivity contribution in [3.8, 4) is 0 Å². The number of aromatic nitrogens is 2. The van der Waals surface area contributed by atoms with Crippen LogP contribution < -0.4 is 5.32 Å². The van der Waals surface area contributed by atoms with Crippen LogP contribution in [0, 0.1) is 6.92 Å². The van der Waals surface area contributed by atoms with Crippen LogP contribution in [0.3, 0.4) is 0 Å². The number of amides is 1. The summed E-state index contributed by atoms with van der Waals surface area (Å²) in [5, 5.41) is 6.18. The number of nitrogens with zero attached hydrogens (tertiary/aromatic N) is 1. The Balaban J connectivity index is 2.11. The van der Waals surface area contributed by atoms with E-state index in [0.717, 1.165) is 0 Å². The third-order valence-electron chi connectivity index (χ3n) is 2.20. The Bertz CT molecular complexity index is 568. The third-order valence-corrected chi connectivity index (χ3v) is 2.20. The SMILES string of the molecule is CC(=O)c1c[nH]c(C(=O)Nc2cc(C)on2)c1. The minimum atomic E-state index is -0.370. The van der Waals surface area contributed by atoms with Crippen LogP contribution in [0.2, 0.25) is 0 Å². The fourth-order valence-corrected chi connectivity index (χ4v) is 1.34. The van der Waals surface area contributed by atoms with E-state index in [-0.39, 0.29) is 11.7 Å². The zero-order valence-corrected chi connectivity index (χ0v) is 9.40. The molecule has 0 aliphatic rings. The van der Waals surface area contributed by atoms with Crippen LogP contribution in [0.1, 0.15) is 33.5 Å². The van der Waals surface area contributed by atoms with E-state index in [4.69, 9.17) is 4.52 Å². The van der Waals surface area contributed by atoms with Crippen LogP contribution in [-0.4, -0.2) is 21.8 Å². The quantitative estimate of drug-likeness (QED) is 0.791. The Morgan fingerprint density at radius 3 is 2.71 bits per heavy atom. The number of hydrogen-bond acceptors (Lipinski definition) is 4. The first-order chi connectivity index (χ1) is 8.06. The lowest BCUT2D eigenvalue weighted by Crippen LogP contribution is -2.12. The van der Waals surface area contributed by atoms with Gasteiger partial charge in [0.2, 0.25) is 0 Å². The molecular weight excluding hydrogens is 222 g/mol. The number of aromatic amines is 1. The molecule has 2 aromatic rings. The second-order valence-electron chi connectivity index (χ2n) is 3.64. The Kier molecular flexibility index (Phi) is 2.78. The van der Waals surface area contributed by atoms with E-state index in [1.54, 1.807) is 13.0 Å². The predicted molar refractivity (Wildman–Crippen MR) is 60.0 cm³/mol. The highest BCUT2D eigenvalue weighted by atomic mass is 16.5. The standard InChI is InChI=1S/C11H11N3O3/c1-6-3-10(14-17-6)13-11(16)9-4-8(5-12-9)7(2)15/h3-5,12H,1-2H3,(H,13,14,16). The minimum Gasteiger partial charge on any atom is -0.360 e. The van der Waals surface area contributed by atoms with E-state index in [1.165, 1.54) is 19.2 Å². The van der Waals surface area contributed by atoms with Gasteiger partial charge in [0.1, 0.15) is 11.5 Å². The van der Waals surface area contributed by atoms with E-state index in [1.807, 2.05) is 0 Å². The van der Waals surface area contributed by atoms with Crippen molar-refractivity contribution in [2.45, 2.75) is 13.8 Å². The van der Waals surface area contributed by atoms with Crippen LogP contribution in [0.4, 0.5) is 5.82 Å². The minimum absolute atomic E-state index is 0.0995. The topological polar surface area (TPSA) is 88.0 Å². The van der Waals surface area contributed by atoms with Crippen molar-refractivity contribution >= 4 is 17.5 Å². The van der Waals surface area contributed by atoms with Crippen LogP contribution in [-0.2, 0) is 0 Å². The maximum Gasteiger partial charge on any atom is 0.273 e. The summed E-state index contributed by atoms with van der Waals surface area (Å²) in [4.78, 5) is 25.5. The molecule has 6 nitrogen and oxygen atoms in total. The number of carbonyl (C=O) groups is 2. The number of hydrogen-bond donors (Lipinski definition) is 2. The highest BCUT2D eigenvalue weighted by Crippen LogP contribution is 2.10. The molecule has 0 radical (unpaired) electrons. The highest BCUT2D eigenvalue weighted by Gasteiger charge is 2.12. The molecule has 0 aliphatic carbocycles. The molecule has 2 heterocycles. The first-order valence-corrected chi connectivity index (χ1v) is 5.00. The van der Waals surface area contributed by atoms with Gasteiger partial charge in [-0.1, -0.05) is 5.16 Å². The van der Waals surface area contributed by atoms with Crippen molar-refractivity contribution in [2.75, 3.05) is 5.32 Å². The van der Waals surface area contributed by atoms with E-state index in [2.05, 4.69) is 15.5 Å². The molecule has 0 saturated heterocycles. The van der Waals surface area contributed by atoms with E-state index >= 15 is 0 Å². The molecule has 0 fully saturated rings. The van der Waals surface area contributed by atoms with Gasteiger partial charge in [-0.15, -0.1) is 0 Å². The average molecular weight is 233 g/mol. The van der Waals surface area contributed by atoms with Crippen molar-refractivity contribution in [2.24, 2.45) is 0 Å². The van der Waals surface area contributed by atoms with E-state index in [9.17, 15) is 9.59 Å². The van der Waals surface area contributed by atoms with Gasteiger partial charge in [-0.05, 0) is 19.9 Å². The molecule has 0 atom stereocenters. The maximum atomic E-state index is 11.7. The number of nitrogens with one attached hydrogen (secondary N) is 2. The van der Waals surface area contributed by atoms with Crippen LogP contribution in [0.25, 0.3) is 0 Å². The molecule has 0 aliphatic heterocycles. The molecule has 2 rings (SSSR count). The molecule has 88 valence electrons. The molecule has 2 N–H and O–H groups in total. The number of rotatable bonds is 3. The number of H-pyrrole nitrogens is 1. The molecule has 1 amide bonds. The molecule has 0 unspecified atom stereocenters. The number of Topliss-reactive ketones (excluding diaryl/α,β-unsaturated/α-hetero) is 1. The molecule has 17 heavy (non-hydrogen) atoms. The average Bonchev–Trinajstić information content (AvgIpc) is 2.86. The maximum absolute atomic E-state index is 11.7. The first-order valence-electron chi connectivity index (χ1n) is 5.00. The van der Waals surface area contributed by atoms with Crippen LogP contribution in [0.15, 0.2) is 22.9 Å². The zero-order chi connectivity index (χ0) is 12.4. The summed E-state index contributed by atoms with van der Waals surface area (Å²) in [6.07, 6.45) is 1.49. The van der Waals surface area contributed by atoms with Gasteiger partial charge in [-0.2, -0.15) is 0 Å². The van der Waals surface area contributed by atoms with Gasteiger partial charge in [-0.3, -0.25) is 9.59 Å². The molecular formula is C11H11N3O3. The molecule has 0 saturated carbocycles. The molecule has 0 aromatic carbocycles. The fraction of sp³-hybridized carbons (Fsp3) is 0.182. The van der Waals surface area contributed by atoms with Gasteiger partial charge in [0, 0.05) is 17.8 Å². The van der Waals surface area contributed by atoms with Crippen molar-refractivity contribution in [3.63, 3.8) is 0 Å². The van der Waals surface area contributed by atoms with Gasteiger partial charge in [0.05, 0.1) is 0 Å². The summed E-state index contributed by atoms with van der Waals surface area (Å²) < 4.78 is 4.82. The van der Waals surface area contributed by atoms with Crippen LogP contribution in [0.5, 0.6) is 0 Å². The lowest BCUT2D eigenvalue weighted by Gasteiger charge is -1.96. The van der Waals surface area contributed by atoms with Gasteiger partial charge >= 0.3 is 0 Å². The predicted octanol–water partition coefficient (Wildman–Crippen LogP) is 1.77. The number of anilines is 1. The lowest BCUT2D eigenvalue weighted by atomic mass is 10.2. The third kappa shape index (κ3) is 2.41. The van der Waals surface area contributed by atoms with Crippen LogP contribution >= 0.6 is 0 Å². The van der Waals surface area contributed by atoms with Gasteiger partial charge in [0.25, 0.3) is 5.91 Å². The van der Waals surface area contributed by atoms with Crippen molar-refractivity contribution < 1.29 is 14.1 Å². The molecule has 6 heteroatoms. The first kappa shape index (κ1) is 11.1.